The number of nitrogens with one attached hydrogen (secondary N) is 1. The molecule has 3 rings (SSSR count). The van der Waals surface area contributed by atoms with Gasteiger partial charge in [0.25, 0.3) is 5.91 Å². The van der Waals surface area contributed by atoms with E-state index in [1.807, 2.05) is 62.4 Å². The van der Waals surface area contributed by atoms with Gasteiger partial charge in [0.15, 0.2) is 11.7 Å². The topological polar surface area (TPSA) is 51.2 Å². The van der Waals surface area contributed by atoms with E-state index in [-0.39, 0.29) is 12.5 Å². The van der Waals surface area contributed by atoms with Crippen LogP contribution in [0.25, 0.3) is 11.3 Å². The minimum Gasteiger partial charge on any atom is -0.484 e. The van der Waals surface area contributed by atoms with Gasteiger partial charge >= 0.3 is 0 Å². The van der Waals surface area contributed by atoms with Crippen LogP contribution < -0.4 is 10.1 Å². The van der Waals surface area contributed by atoms with Gasteiger partial charge in [0.2, 0.25) is 0 Å². The number of aromatic nitrogens is 1. The van der Waals surface area contributed by atoms with Crippen LogP contribution in [0.1, 0.15) is 10.4 Å². The maximum atomic E-state index is 12.1. The Balaban J connectivity index is 1.62. The Kier molecular flexibility index (Phi) is 5.50. The number of ether oxygens (including phenoxy) is 1. The van der Waals surface area contributed by atoms with Crippen LogP contribution in [0.4, 0.5) is 5.13 Å². The van der Waals surface area contributed by atoms with Crippen LogP contribution in [-0.2, 0) is 4.79 Å². The number of rotatable bonds is 5. The Hall–Kier alpha value is -2.18. The number of amides is 1. The zero-order valence-electron chi connectivity index (χ0n) is 13.9. The third-order valence-corrected chi connectivity index (χ3v) is 4.97. The Morgan fingerprint density at radius 3 is 2.48 bits per heavy atom. The number of halogens is 1. The normalized spacial score (nSPS) is 10.5. The number of thiazole rings is 1. The van der Waals surface area contributed by atoms with E-state index in [9.17, 15) is 4.79 Å². The van der Waals surface area contributed by atoms with Crippen molar-refractivity contribution in [1.82, 2.24) is 4.98 Å². The summed E-state index contributed by atoms with van der Waals surface area (Å²) in [5.74, 6) is 0.448. The summed E-state index contributed by atoms with van der Waals surface area (Å²) in [6.07, 6.45) is 0. The number of carbonyl (C=O) groups is 1. The lowest BCUT2D eigenvalue weighted by Crippen LogP contribution is -2.20. The van der Waals surface area contributed by atoms with Crippen molar-refractivity contribution in [1.29, 1.82) is 0 Å². The van der Waals surface area contributed by atoms with Gasteiger partial charge in [-0.3, -0.25) is 10.1 Å². The fourth-order valence-corrected chi connectivity index (χ4v) is 3.38. The highest BCUT2D eigenvalue weighted by atomic mass is 79.9. The molecule has 0 radical (unpaired) electrons. The average molecular weight is 417 g/mol. The van der Waals surface area contributed by atoms with Crippen LogP contribution >= 0.6 is 27.3 Å². The third kappa shape index (κ3) is 4.67. The molecule has 0 aliphatic carbocycles. The fourth-order valence-electron chi connectivity index (χ4n) is 2.26. The largest absolute Gasteiger partial charge is 0.484 e. The minimum atomic E-state index is -0.225. The molecule has 0 aliphatic rings. The average Bonchev–Trinajstić information content (AvgIpc) is 2.95. The molecule has 1 amide bonds. The highest BCUT2D eigenvalue weighted by molar-refractivity contribution is 9.10. The van der Waals surface area contributed by atoms with Gasteiger partial charge in [0.05, 0.1) is 5.69 Å². The van der Waals surface area contributed by atoms with Gasteiger partial charge in [0, 0.05) is 14.9 Å². The summed E-state index contributed by atoms with van der Waals surface area (Å²) in [6, 6.07) is 15.5. The maximum Gasteiger partial charge on any atom is 0.264 e. The monoisotopic (exact) mass is 416 g/mol. The zero-order valence-corrected chi connectivity index (χ0v) is 16.3. The van der Waals surface area contributed by atoms with Crippen LogP contribution in [0, 0.1) is 13.8 Å². The summed E-state index contributed by atoms with van der Waals surface area (Å²) >= 11 is 4.88. The van der Waals surface area contributed by atoms with E-state index in [0.717, 1.165) is 26.2 Å². The number of hydrogen-bond acceptors (Lipinski definition) is 4. The number of anilines is 1. The van der Waals surface area contributed by atoms with E-state index >= 15 is 0 Å². The van der Waals surface area contributed by atoms with Crippen molar-refractivity contribution in [3.8, 4) is 17.0 Å². The smallest absolute Gasteiger partial charge is 0.264 e. The zero-order chi connectivity index (χ0) is 17.8. The summed E-state index contributed by atoms with van der Waals surface area (Å²) in [6.45, 7) is 3.95. The number of nitrogens with zero attached hydrogens (tertiary/aromatic N) is 1. The molecule has 1 aromatic heterocycles. The van der Waals surface area contributed by atoms with Gasteiger partial charge in [-0.05, 0) is 38.1 Å². The number of benzene rings is 2. The van der Waals surface area contributed by atoms with Crippen LogP contribution in [-0.4, -0.2) is 17.5 Å². The first-order valence-electron chi connectivity index (χ1n) is 7.74. The lowest BCUT2D eigenvalue weighted by molar-refractivity contribution is -0.118. The van der Waals surface area contributed by atoms with Crippen molar-refractivity contribution in [2.24, 2.45) is 0 Å². The second-order valence-corrected chi connectivity index (χ2v) is 7.70. The van der Waals surface area contributed by atoms with Gasteiger partial charge in [-0.2, -0.15) is 0 Å². The van der Waals surface area contributed by atoms with E-state index < -0.39 is 0 Å². The molecule has 0 atom stereocenters. The first-order chi connectivity index (χ1) is 12.0. The summed E-state index contributed by atoms with van der Waals surface area (Å²) in [4.78, 5) is 17.7. The highest BCUT2D eigenvalue weighted by Gasteiger charge is 2.12. The number of aryl methyl sites for hydroxylation is 2. The van der Waals surface area contributed by atoms with E-state index in [1.165, 1.54) is 11.3 Å². The van der Waals surface area contributed by atoms with Crippen molar-refractivity contribution >= 4 is 38.3 Å². The van der Waals surface area contributed by atoms with Gasteiger partial charge in [-0.15, -0.1) is 11.3 Å². The molecular weight excluding hydrogens is 400 g/mol. The molecule has 0 bridgehead atoms. The molecule has 128 valence electrons. The molecule has 0 saturated heterocycles. The predicted molar refractivity (Wildman–Crippen MR) is 105 cm³/mol. The Bertz CT molecular complexity index is 873. The van der Waals surface area contributed by atoms with Gasteiger partial charge in [-0.25, -0.2) is 4.98 Å². The molecule has 0 spiro atoms. The van der Waals surface area contributed by atoms with E-state index in [0.29, 0.717) is 10.9 Å². The summed E-state index contributed by atoms with van der Waals surface area (Å²) in [5, 5.41) is 3.38. The van der Waals surface area contributed by atoms with Crippen molar-refractivity contribution in [2.75, 3.05) is 11.9 Å². The highest BCUT2D eigenvalue weighted by Crippen LogP contribution is 2.31. The van der Waals surface area contributed by atoms with E-state index in [1.54, 1.807) is 0 Å². The van der Waals surface area contributed by atoms with Crippen molar-refractivity contribution in [3.63, 3.8) is 0 Å². The molecule has 1 heterocycles. The second kappa shape index (κ2) is 7.80. The lowest BCUT2D eigenvalue weighted by Gasteiger charge is -2.05. The van der Waals surface area contributed by atoms with Crippen molar-refractivity contribution < 1.29 is 9.53 Å². The van der Waals surface area contributed by atoms with Gasteiger partial charge in [-0.1, -0.05) is 45.8 Å². The minimum absolute atomic E-state index is 0.0463. The Morgan fingerprint density at radius 1 is 1.12 bits per heavy atom. The maximum absolute atomic E-state index is 12.1. The SMILES string of the molecule is Cc1ccc(OCC(=O)Nc2nc(-c3ccc(Br)cc3)c(C)s2)cc1. The summed E-state index contributed by atoms with van der Waals surface area (Å²) in [5.41, 5.74) is 3.05. The number of hydrogen-bond donors (Lipinski definition) is 1. The van der Waals surface area contributed by atoms with Crippen molar-refractivity contribution in [2.45, 2.75) is 13.8 Å². The van der Waals surface area contributed by atoms with Crippen LogP contribution in [0.3, 0.4) is 0 Å². The molecule has 0 aliphatic heterocycles. The molecule has 1 N–H and O–H groups in total. The second-order valence-electron chi connectivity index (χ2n) is 5.58. The van der Waals surface area contributed by atoms with Gasteiger partial charge in [0.1, 0.15) is 5.75 Å². The molecule has 3 aromatic rings. The number of carbonyl (C=O) groups excluding carboxylic acids is 1. The molecular formula is C19H17BrN2O2S. The lowest BCUT2D eigenvalue weighted by atomic mass is 10.1. The first kappa shape index (κ1) is 17.6. The molecule has 6 heteroatoms. The van der Waals surface area contributed by atoms with E-state index in [2.05, 4.69) is 26.2 Å². The predicted octanol–water partition coefficient (Wildman–Crippen LogP) is 5.21. The summed E-state index contributed by atoms with van der Waals surface area (Å²) in [7, 11) is 0. The fraction of sp³-hybridized carbons (Fsp3) is 0.158. The van der Waals surface area contributed by atoms with Crippen molar-refractivity contribution in [3.05, 3.63) is 63.4 Å². The Labute approximate surface area is 159 Å². The molecule has 4 nitrogen and oxygen atoms in total. The molecule has 25 heavy (non-hydrogen) atoms. The van der Waals surface area contributed by atoms with Crippen LogP contribution in [0.15, 0.2) is 53.0 Å². The molecule has 2 aromatic carbocycles. The summed E-state index contributed by atoms with van der Waals surface area (Å²) < 4.78 is 6.51. The van der Waals surface area contributed by atoms with Crippen LogP contribution in [0.5, 0.6) is 5.75 Å². The third-order valence-electron chi connectivity index (χ3n) is 3.55. The standard InChI is InChI=1S/C19H17BrN2O2S/c1-12-3-9-16(10-4-12)24-11-17(23)21-19-22-18(13(2)25-19)14-5-7-15(20)8-6-14/h3-10H,11H2,1-2H3,(H,21,22,23). The molecule has 0 saturated carbocycles. The van der Waals surface area contributed by atoms with Crippen LogP contribution in [0.2, 0.25) is 0 Å². The Morgan fingerprint density at radius 2 is 1.80 bits per heavy atom. The molecule has 0 fully saturated rings. The first-order valence-corrected chi connectivity index (χ1v) is 9.35. The quantitative estimate of drug-likeness (QED) is 0.620. The van der Waals surface area contributed by atoms with E-state index in [4.69, 9.17) is 4.74 Å². The van der Waals surface area contributed by atoms with Gasteiger partial charge < -0.3 is 4.74 Å². The molecule has 0 unspecified atom stereocenters.